The fourth-order valence-corrected chi connectivity index (χ4v) is 2.65. The summed E-state index contributed by atoms with van der Waals surface area (Å²) in [5.74, 6) is -0.343. The van der Waals surface area contributed by atoms with Crippen LogP contribution in [0.1, 0.15) is 71.4 Å². The minimum Gasteiger partial charge on any atom is -0.461 e. The molecule has 0 bridgehead atoms. The summed E-state index contributed by atoms with van der Waals surface area (Å²) in [6, 6.07) is 10.1. The first-order chi connectivity index (χ1) is 14.6. The molecular weight excluding hydrogens is 384 g/mol. The zero-order chi connectivity index (χ0) is 24.0. The van der Waals surface area contributed by atoms with Gasteiger partial charge in [-0.15, -0.1) is 0 Å². The number of rotatable bonds is 5. The summed E-state index contributed by atoms with van der Waals surface area (Å²) in [7, 11) is 1.75. The average molecular weight is 425 g/mol. The van der Waals surface area contributed by atoms with Gasteiger partial charge < -0.3 is 4.74 Å². The van der Waals surface area contributed by atoms with Gasteiger partial charge in [0.1, 0.15) is 5.69 Å². The van der Waals surface area contributed by atoms with E-state index in [2.05, 4.69) is 44.6 Å². The first kappa shape index (κ1) is 28.1. The second-order valence-electron chi connectivity index (χ2n) is 7.73. The number of hydrogen-bond acceptors (Lipinski definition) is 3. The summed E-state index contributed by atoms with van der Waals surface area (Å²) in [5.41, 5.74) is 4.87. The van der Waals surface area contributed by atoms with Gasteiger partial charge in [0, 0.05) is 12.6 Å². The van der Waals surface area contributed by atoms with Gasteiger partial charge >= 0.3 is 5.97 Å². The Labute approximate surface area is 189 Å². The maximum absolute atomic E-state index is 11.8. The van der Waals surface area contributed by atoms with Crippen molar-refractivity contribution in [3.8, 4) is 11.3 Å². The molecular formula is C27H40N2O2. The van der Waals surface area contributed by atoms with Crippen molar-refractivity contribution in [1.29, 1.82) is 0 Å². The summed E-state index contributed by atoms with van der Waals surface area (Å²) in [6.45, 7) is 20.3. The van der Waals surface area contributed by atoms with Crippen molar-refractivity contribution in [2.45, 2.75) is 60.8 Å². The van der Waals surface area contributed by atoms with Gasteiger partial charge in [-0.05, 0) is 37.8 Å². The lowest BCUT2D eigenvalue weighted by molar-refractivity contribution is 0.0513. The van der Waals surface area contributed by atoms with Crippen molar-refractivity contribution in [2.75, 3.05) is 6.61 Å². The molecule has 2 rings (SSSR count). The number of ether oxygens (including phenoxy) is 1. The molecule has 1 aromatic carbocycles. The molecule has 0 fully saturated rings. The summed E-state index contributed by atoms with van der Waals surface area (Å²) >= 11 is 0. The molecule has 0 aliphatic heterocycles. The van der Waals surface area contributed by atoms with Crippen LogP contribution in [0.5, 0.6) is 0 Å². The fourth-order valence-electron chi connectivity index (χ4n) is 2.65. The molecule has 0 spiro atoms. The molecule has 0 N–H and O–H groups in total. The summed E-state index contributed by atoms with van der Waals surface area (Å²) in [6.07, 6.45) is 7.81. The highest BCUT2D eigenvalue weighted by molar-refractivity contribution is 5.89. The molecule has 0 aliphatic carbocycles. The molecule has 2 aromatic rings. The molecule has 31 heavy (non-hydrogen) atoms. The molecule has 1 aromatic heterocycles. The number of hydrogen-bond donors (Lipinski definition) is 0. The van der Waals surface area contributed by atoms with Crippen LogP contribution in [0.3, 0.4) is 0 Å². The van der Waals surface area contributed by atoms with Crippen molar-refractivity contribution in [1.82, 2.24) is 9.78 Å². The fraction of sp³-hybridized carbons (Fsp3) is 0.407. The van der Waals surface area contributed by atoms with Crippen LogP contribution in [0.15, 0.2) is 66.8 Å². The van der Waals surface area contributed by atoms with Crippen molar-refractivity contribution in [2.24, 2.45) is 7.05 Å². The van der Waals surface area contributed by atoms with Crippen molar-refractivity contribution < 1.29 is 9.53 Å². The van der Waals surface area contributed by atoms with Crippen molar-refractivity contribution in [3.63, 3.8) is 0 Å². The third-order valence-corrected chi connectivity index (χ3v) is 4.22. The van der Waals surface area contributed by atoms with Gasteiger partial charge in [-0.1, -0.05) is 95.3 Å². The molecule has 0 aliphatic rings. The molecule has 0 saturated carbocycles. The molecule has 0 unspecified atom stereocenters. The Bertz CT molecular complexity index is 864. The second kappa shape index (κ2) is 14.2. The number of allylic oxidation sites excluding steroid dienone is 5. The Morgan fingerprint density at radius 3 is 2.23 bits per heavy atom. The number of nitrogens with zero attached hydrogens (tertiary/aromatic N) is 2. The van der Waals surface area contributed by atoms with Gasteiger partial charge in [-0.25, -0.2) is 4.79 Å². The molecule has 0 amide bonds. The maximum atomic E-state index is 11.8. The largest absolute Gasteiger partial charge is 0.461 e. The van der Waals surface area contributed by atoms with Gasteiger partial charge in [-0.3, -0.25) is 4.68 Å². The van der Waals surface area contributed by atoms with Crippen LogP contribution in [0.2, 0.25) is 0 Å². The summed E-state index contributed by atoms with van der Waals surface area (Å²) in [4.78, 5) is 11.8. The van der Waals surface area contributed by atoms with E-state index in [-0.39, 0.29) is 11.4 Å². The Balaban J connectivity index is 0.000000762. The highest BCUT2D eigenvalue weighted by Crippen LogP contribution is 2.26. The summed E-state index contributed by atoms with van der Waals surface area (Å²) < 4.78 is 6.58. The first-order valence-electron chi connectivity index (χ1n) is 10.9. The molecule has 0 saturated heterocycles. The topological polar surface area (TPSA) is 44.1 Å². The Hall–Kier alpha value is -2.88. The van der Waals surface area contributed by atoms with Crippen LogP contribution in [-0.4, -0.2) is 22.4 Å². The number of esters is 1. The minimum absolute atomic E-state index is 0.124. The normalized spacial score (nSPS) is 11.2. The predicted molar refractivity (Wildman–Crippen MR) is 133 cm³/mol. The van der Waals surface area contributed by atoms with E-state index < -0.39 is 0 Å². The molecule has 4 nitrogen and oxygen atoms in total. The molecule has 170 valence electrons. The monoisotopic (exact) mass is 424 g/mol. The molecule has 1 heterocycles. The van der Waals surface area contributed by atoms with Gasteiger partial charge in [-0.2, -0.15) is 5.10 Å². The lowest BCUT2D eigenvalue weighted by Gasteiger charge is -2.18. The average Bonchev–Trinajstić information content (AvgIpc) is 3.12. The van der Waals surface area contributed by atoms with Gasteiger partial charge in [0.05, 0.1) is 12.3 Å². The maximum Gasteiger partial charge on any atom is 0.356 e. The van der Waals surface area contributed by atoms with E-state index in [0.29, 0.717) is 12.3 Å². The predicted octanol–water partition coefficient (Wildman–Crippen LogP) is 7.28. The SMILES string of the molecule is C=C/C=C(C)\C=C/C.CC.CCOC(=O)c1cc(-c2ccc(C(C)(C)C)cc2)nn1C. The number of carbonyl (C=O) groups excluding carboxylic acids is 1. The smallest absolute Gasteiger partial charge is 0.356 e. The Morgan fingerprint density at radius 2 is 1.77 bits per heavy atom. The molecule has 4 heteroatoms. The third-order valence-electron chi connectivity index (χ3n) is 4.22. The van der Waals surface area contributed by atoms with E-state index in [1.165, 1.54) is 11.1 Å². The van der Waals surface area contributed by atoms with Crippen LogP contribution in [-0.2, 0) is 17.2 Å². The van der Waals surface area contributed by atoms with Gasteiger partial charge in [0.15, 0.2) is 0 Å². The van der Waals surface area contributed by atoms with Gasteiger partial charge in [0.25, 0.3) is 0 Å². The number of benzene rings is 1. The second-order valence-corrected chi connectivity index (χ2v) is 7.73. The quantitative estimate of drug-likeness (QED) is 0.374. The zero-order valence-electron chi connectivity index (χ0n) is 20.8. The Kier molecular flexibility index (Phi) is 12.9. The van der Waals surface area contributed by atoms with E-state index in [9.17, 15) is 4.79 Å². The van der Waals surface area contributed by atoms with Crippen molar-refractivity contribution in [3.05, 3.63) is 78.0 Å². The lowest BCUT2D eigenvalue weighted by Crippen LogP contribution is -2.10. The van der Waals surface area contributed by atoms with E-state index in [1.807, 2.05) is 58.1 Å². The van der Waals surface area contributed by atoms with Crippen LogP contribution >= 0.6 is 0 Å². The van der Waals surface area contributed by atoms with Crippen LogP contribution in [0.25, 0.3) is 11.3 Å². The Morgan fingerprint density at radius 1 is 1.19 bits per heavy atom. The molecule has 0 radical (unpaired) electrons. The van der Waals surface area contributed by atoms with Crippen LogP contribution < -0.4 is 0 Å². The number of aryl methyl sites for hydroxylation is 1. The van der Waals surface area contributed by atoms with E-state index >= 15 is 0 Å². The lowest BCUT2D eigenvalue weighted by atomic mass is 9.86. The van der Waals surface area contributed by atoms with E-state index in [1.54, 1.807) is 30.8 Å². The summed E-state index contributed by atoms with van der Waals surface area (Å²) in [5, 5.41) is 4.39. The van der Waals surface area contributed by atoms with Crippen LogP contribution in [0, 0.1) is 0 Å². The van der Waals surface area contributed by atoms with E-state index in [4.69, 9.17) is 4.74 Å². The highest BCUT2D eigenvalue weighted by atomic mass is 16.5. The number of carbonyl (C=O) groups is 1. The number of aromatic nitrogens is 2. The molecule has 0 atom stereocenters. The standard InChI is InChI=1S/C17H22N2O2.C8H12.C2H6/c1-6-21-16(20)15-11-14(18-19(15)5)12-7-9-13(10-8-12)17(2,3)4;1-4-6-8(3)7-5-2;1-2/h7-11H,6H2,1-5H3;4-7H,1H2,2-3H3;1-2H3/b;7-5-,8-6-;. The first-order valence-corrected chi connectivity index (χ1v) is 10.9. The zero-order valence-corrected chi connectivity index (χ0v) is 20.8. The third kappa shape index (κ3) is 9.65. The minimum atomic E-state index is -0.343. The van der Waals surface area contributed by atoms with Crippen LogP contribution in [0.4, 0.5) is 0 Å². The van der Waals surface area contributed by atoms with Gasteiger partial charge in [0.2, 0.25) is 0 Å². The van der Waals surface area contributed by atoms with E-state index in [0.717, 1.165) is 11.3 Å². The highest BCUT2D eigenvalue weighted by Gasteiger charge is 2.16. The van der Waals surface area contributed by atoms with Crippen molar-refractivity contribution >= 4 is 5.97 Å².